The summed E-state index contributed by atoms with van der Waals surface area (Å²) in [6.07, 6.45) is 0. The molecule has 102 valence electrons. The fourth-order valence-electron chi connectivity index (χ4n) is 1.43. The zero-order valence-corrected chi connectivity index (χ0v) is 13.5. The summed E-state index contributed by atoms with van der Waals surface area (Å²) in [5.74, 6) is 0.442. The third-order valence-corrected chi connectivity index (χ3v) is 4.38. The van der Waals surface area contributed by atoms with Crippen LogP contribution in [0.15, 0.2) is 34.1 Å². The van der Waals surface area contributed by atoms with Gasteiger partial charge in [-0.1, -0.05) is 28.1 Å². The average molecular weight is 368 g/mol. The standard InChI is InChI=1S/C13H10BrN3OS2/c14-10-3-1-9(2-4-10)11-7-20-13(16-11)17-12(18)8-19-6-5-15/h1-4,7H,6,8H2,(H,16,17,18). The van der Waals surface area contributed by atoms with Crippen molar-refractivity contribution in [1.82, 2.24) is 4.98 Å². The molecule has 0 radical (unpaired) electrons. The number of hydrogen-bond acceptors (Lipinski definition) is 5. The smallest absolute Gasteiger partial charge is 0.236 e. The number of carbonyl (C=O) groups is 1. The number of benzene rings is 1. The van der Waals surface area contributed by atoms with Gasteiger partial charge in [-0.05, 0) is 12.1 Å². The minimum Gasteiger partial charge on any atom is -0.301 e. The molecule has 2 aromatic rings. The number of nitriles is 1. The summed E-state index contributed by atoms with van der Waals surface area (Å²) < 4.78 is 1.01. The minimum atomic E-state index is -0.137. The van der Waals surface area contributed by atoms with Gasteiger partial charge in [-0.15, -0.1) is 23.1 Å². The van der Waals surface area contributed by atoms with Crippen molar-refractivity contribution in [3.8, 4) is 17.3 Å². The van der Waals surface area contributed by atoms with Gasteiger partial charge in [0.1, 0.15) is 0 Å². The first kappa shape index (κ1) is 15.0. The number of thioether (sulfide) groups is 1. The maximum Gasteiger partial charge on any atom is 0.236 e. The summed E-state index contributed by atoms with van der Waals surface area (Å²) in [7, 11) is 0. The summed E-state index contributed by atoms with van der Waals surface area (Å²) in [6.45, 7) is 0. The third kappa shape index (κ3) is 4.34. The Morgan fingerprint density at radius 3 is 2.90 bits per heavy atom. The van der Waals surface area contributed by atoms with Crippen LogP contribution in [-0.2, 0) is 4.79 Å². The summed E-state index contributed by atoms with van der Waals surface area (Å²) in [5.41, 5.74) is 1.84. The van der Waals surface area contributed by atoms with Gasteiger partial charge in [0.25, 0.3) is 0 Å². The second-order valence-electron chi connectivity index (χ2n) is 3.74. The number of anilines is 1. The quantitative estimate of drug-likeness (QED) is 0.816. The number of nitrogens with zero attached hydrogens (tertiary/aromatic N) is 2. The molecule has 1 N–H and O–H groups in total. The van der Waals surface area contributed by atoms with Crippen LogP contribution >= 0.6 is 39.0 Å². The van der Waals surface area contributed by atoms with Gasteiger partial charge in [-0.2, -0.15) is 5.26 Å². The summed E-state index contributed by atoms with van der Waals surface area (Å²) in [6, 6.07) is 9.81. The van der Waals surface area contributed by atoms with Gasteiger partial charge in [0, 0.05) is 15.4 Å². The summed E-state index contributed by atoms with van der Waals surface area (Å²) in [5, 5.41) is 13.6. The van der Waals surface area contributed by atoms with Gasteiger partial charge in [0.2, 0.25) is 5.91 Å². The van der Waals surface area contributed by atoms with Gasteiger partial charge < -0.3 is 5.32 Å². The number of rotatable bonds is 5. The lowest BCUT2D eigenvalue weighted by Crippen LogP contribution is -2.14. The number of carbonyl (C=O) groups excluding carboxylic acids is 1. The maximum atomic E-state index is 11.6. The van der Waals surface area contributed by atoms with E-state index in [0.29, 0.717) is 10.9 Å². The van der Waals surface area contributed by atoms with E-state index in [9.17, 15) is 4.79 Å². The molecule has 1 amide bonds. The van der Waals surface area contributed by atoms with Crippen LogP contribution in [-0.4, -0.2) is 22.4 Å². The van der Waals surface area contributed by atoms with E-state index in [1.54, 1.807) is 0 Å². The molecule has 0 atom stereocenters. The van der Waals surface area contributed by atoms with Crippen molar-refractivity contribution < 1.29 is 4.79 Å². The molecular weight excluding hydrogens is 358 g/mol. The van der Waals surface area contributed by atoms with Crippen LogP contribution < -0.4 is 5.32 Å². The minimum absolute atomic E-state index is 0.137. The van der Waals surface area contributed by atoms with Crippen molar-refractivity contribution in [2.24, 2.45) is 0 Å². The summed E-state index contributed by atoms with van der Waals surface area (Å²) >= 11 is 6.06. The highest BCUT2D eigenvalue weighted by Gasteiger charge is 2.08. The molecule has 4 nitrogen and oxygen atoms in total. The number of hydrogen-bond donors (Lipinski definition) is 1. The van der Waals surface area contributed by atoms with E-state index < -0.39 is 0 Å². The van der Waals surface area contributed by atoms with Crippen molar-refractivity contribution in [1.29, 1.82) is 5.26 Å². The Morgan fingerprint density at radius 1 is 1.45 bits per heavy atom. The second kappa shape index (κ2) is 7.43. The predicted octanol–water partition coefficient (Wildman–Crippen LogP) is 3.77. The van der Waals surface area contributed by atoms with E-state index >= 15 is 0 Å². The fourth-order valence-corrected chi connectivity index (χ4v) is 2.88. The molecule has 1 aromatic carbocycles. The lowest BCUT2D eigenvalue weighted by atomic mass is 10.2. The molecule has 0 saturated carbocycles. The molecule has 0 saturated heterocycles. The molecule has 7 heteroatoms. The van der Waals surface area contributed by atoms with Crippen molar-refractivity contribution in [3.05, 3.63) is 34.1 Å². The van der Waals surface area contributed by atoms with Crippen molar-refractivity contribution in [3.63, 3.8) is 0 Å². The number of halogens is 1. The largest absolute Gasteiger partial charge is 0.301 e. The molecule has 1 heterocycles. The molecule has 0 unspecified atom stereocenters. The van der Waals surface area contributed by atoms with Crippen LogP contribution in [0.2, 0.25) is 0 Å². The molecule has 0 aliphatic carbocycles. The van der Waals surface area contributed by atoms with Gasteiger partial charge >= 0.3 is 0 Å². The highest BCUT2D eigenvalue weighted by atomic mass is 79.9. The molecule has 0 fully saturated rings. The van der Waals surface area contributed by atoms with E-state index in [1.165, 1.54) is 23.1 Å². The number of aromatic nitrogens is 1. The van der Waals surface area contributed by atoms with E-state index in [4.69, 9.17) is 5.26 Å². The summed E-state index contributed by atoms with van der Waals surface area (Å²) in [4.78, 5) is 16.0. The van der Waals surface area contributed by atoms with Crippen LogP contribution in [0.4, 0.5) is 5.13 Å². The van der Waals surface area contributed by atoms with Gasteiger partial charge in [0.05, 0.1) is 23.3 Å². The Labute approximate surface area is 133 Å². The lowest BCUT2D eigenvalue weighted by Gasteiger charge is -1.99. The van der Waals surface area contributed by atoms with Gasteiger partial charge in [-0.25, -0.2) is 4.98 Å². The third-order valence-electron chi connectivity index (χ3n) is 2.29. The van der Waals surface area contributed by atoms with Crippen LogP contribution in [0.1, 0.15) is 0 Å². The first-order valence-electron chi connectivity index (χ1n) is 5.65. The molecule has 0 aliphatic heterocycles. The number of thiazole rings is 1. The Hall–Kier alpha value is -1.36. The molecule has 0 bridgehead atoms. The molecule has 0 aliphatic rings. The van der Waals surface area contributed by atoms with E-state index in [0.717, 1.165) is 15.7 Å². The van der Waals surface area contributed by atoms with E-state index in [1.807, 2.05) is 35.7 Å². The van der Waals surface area contributed by atoms with Crippen LogP contribution in [0.3, 0.4) is 0 Å². The molecule has 1 aromatic heterocycles. The molecule has 0 spiro atoms. The molecule has 20 heavy (non-hydrogen) atoms. The number of amides is 1. The number of nitrogens with one attached hydrogen (secondary N) is 1. The molecule has 2 rings (SSSR count). The van der Waals surface area contributed by atoms with Crippen molar-refractivity contribution >= 4 is 50.1 Å². The zero-order chi connectivity index (χ0) is 14.4. The van der Waals surface area contributed by atoms with E-state index in [-0.39, 0.29) is 11.7 Å². The Morgan fingerprint density at radius 2 is 2.20 bits per heavy atom. The fraction of sp³-hybridized carbons (Fsp3) is 0.154. The van der Waals surface area contributed by atoms with Gasteiger partial charge in [-0.3, -0.25) is 4.79 Å². The highest BCUT2D eigenvalue weighted by molar-refractivity contribution is 9.10. The van der Waals surface area contributed by atoms with Crippen LogP contribution in [0.25, 0.3) is 11.3 Å². The van der Waals surface area contributed by atoms with E-state index in [2.05, 4.69) is 26.2 Å². The van der Waals surface area contributed by atoms with Crippen molar-refractivity contribution in [2.45, 2.75) is 0 Å². The monoisotopic (exact) mass is 367 g/mol. The second-order valence-corrected chi connectivity index (χ2v) is 6.50. The topological polar surface area (TPSA) is 65.8 Å². The molecular formula is C13H10BrN3OS2. The van der Waals surface area contributed by atoms with Crippen LogP contribution in [0, 0.1) is 11.3 Å². The zero-order valence-electron chi connectivity index (χ0n) is 10.3. The maximum absolute atomic E-state index is 11.6. The first-order valence-corrected chi connectivity index (χ1v) is 8.48. The Bertz CT molecular complexity index is 634. The average Bonchev–Trinajstić information content (AvgIpc) is 2.88. The first-order chi connectivity index (χ1) is 9.69. The highest BCUT2D eigenvalue weighted by Crippen LogP contribution is 2.26. The Balaban J connectivity index is 1.97. The van der Waals surface area contributed by atoms with Crippen LogP contribution in [0.5, 0.6) is 0 Å². The normalized spacial score (nSPS) is 10.0. The van der Waals surface area contributed by atoms with Gasteiger partial charge in [0.15, 0.2) is 5.13 Å². The predicted molar refractivity (Wildman–Crippen MR) is 86.8 cm³/mol. The lowest BCUT2D eigenvalue weighted by molar-refractivity contribution is -0.113. The Kier molecular flexibility index (Phi) is 5.59. The SMILES string of the molecule is N#CCSCC(=O)Nc1nc(-c2ccc(Br)cc2)cs1. The van der Waals surface area contributed by atoms with Crippen molar-refractivity contribution in [2.75, 3.05) is 16.8 Å².